The lowest BCUT2D eigenvalue weighted by Gasteiger charge is -2.08. The van der Waals surface area contributed by atoms with E-state index >= 15 is 0 Å². The molecule has 2 aromatic rings. The second-order valence-electron chi connectivity index (χ2n) is 3.62. The van der Waals surface area contributed by atoms with Gasteiger partial charge in [-0.05, 0) is 17.7 Å². The largest absolute Gasteiger partial charge is 0.365 e. The van der Waals surface area contributed by atoms with Crippen molar-refractivity contribution in [2.45, 2.75) is 6.54 Å². The highest BCUT2D eigenvalue weighted by molar-refractivity contribution is 6.32. The van der Waals surface area contributed by atoms with E-state index in [-0.39, 0.29) is 0 Å². The molecule has 1 aromatic carbocycles. The van der Waals surface area contributed by atoms with Gasteiger partial charge in [-0.2, -0.15) is 4.98 Å². The number of rotatable bonds is 4. The van der Waals surface area contributed by atoms with Gasteiger partial charge >= 0.3 is 0 Å². The maximum atomic E-state index is 6.01. The summed E-state index contributed by atoms with van der Waals surface area (Å²) in [6.07, 6.45) is 1.56. The van der Waals surface area contributed by atoms with Gasteiger partial charge in [0.05, 0.1) is 6.20 Å². The normalized spacial score (nSPS) is 10.2. The molecule has 94 valence electrons. The molecule has 0 unspecified atom stereocenters. The van der Waals surface area contributed by atoms with Crippen LogP contribution in [0.1, 0.15) is 5.56 Å². The van der Waals surface area contributed by atoms with E-state index in [1.165, 1.54) is 0 Å². The Labute approximate surface area is 115 Å². The van der Waals surface area contributed by atoms with Crippen LogP contribution < -0.4 is 10.6 Å². The third-order valence-corrected chi connectivity index (χ3v) is 2.87. The number of anilines is 2. The molecule has 0 bridgehead atoms. The van der Waals surface area contributed by atoms with E-state index < -0.39 is 0 Å². The molecule has 0 amide bonds. The number of nitrogens with zero attached hydrogens (tertiary/aromatic N) is 2. The van der Waals surface area contributed by atoms with Crippen molar-refractivity contribution in [3.8, 4) is 0 Å². The van der Waals surface area contributed by atoms with Crippen molar-refractivity contribution in [3.63, 3.8) is 0 Å². The van der Waals surface area contributed by atoms with Crippen molar-refractivity contribution >= 4 is 35.0 Å². The Morgan fingerprint density at radius 3 is 2.56 bits per heavy atom. The van der Waals surface area contributed by atoms with Crippen LogP contribution in [0.5, 0.6) is 0 Å². The summed E-state index contributed by atoms with van der Waals surface area (Å²) in [5.41, 5.74) is 1.10. The number of nitrogens with one attached hydrogen (secondary N) is 2. The first-order valence-electron chi connectivity index (χ1n) is 5.37. The molecule has 0 atom stereocenters. The zero-order valence-electron chi connectivity index (χ0n) is 9.74. The molecule has 0 radical (unpaired) electrons. The second-order valence-corrected chi connectivity index (χ2v) is 4.46. The van der Waals surface area contributed by atoms with Crippen LogP contribution in [0.15, 0.2) is 30.5 Å². The van der Waals surface area contributed by atoms with Gasteiger partial charge in [0, 0.05) is 18.6 Å². The molecule has 0 spiro atoms. The van der Waals surface area contributed by atoms with Gasteiger partial charge in [0.25, 0.3) is 0 Å². The lowest BCUT2D eigenvalue weighted by Crippen LogP contribution is -2.05. The second kappa shape index (κ2) is 5.89. The quantitative estimate of drug-likeness (QED) is 0.902. The van der Waals surface area contributed by atoms with Gasteiger partial charge in [-0.1, -0.05) is 35.3 Å². The summed E-state index contributed by atoms with van der Waals surface area (Å²) in [5, 5.41) is 7.23. The highest BCUT2D eigenvalue weighted by Crippen LogP contribution is 2.20. The lowest BCUT2D eigenvalue weighted by molar-refractivity contribution is 1.08. The average Bonchev–Trinajstić information content (AvgIpc) is 2.40. The fraction of sp³-hybridized carbons (Fsp3) is 0.167. The minimum Gasteiger partial charge on any atom is -0.365 e. The Morgan fingerprint density at radius 2 is 1.89 bits per heavy atom. The Kier molecular flexibility index (Phi) is 4.23. The minimum atomic E-state index is 0.489. The topological polar surface area (TPSA) is 49.8 Å². The monoisotopic (exact) mass is 282 g/mol. The van der Waals surface area contributed by atoms with Crippen molar-refractivity contribution in [1.29, 1.82) is 0 Å². The molecule has 1 aromatic heterocycles. The summed E-state index contributed by atoms with van der Waals surface area (Å²) in [6.45, 7) is 0.622. The number of hydrogen-bond acceptors (Lipinski definition) is 4. The highest BCUT2D eigenvalue weighted by Gasteiger charge is 2.04. The number of benzene rings is 1. The molecular weight excluding hydrogens is 271 g/mol. The Hall–Kier alpha value is -1.52. The van der Waals surface area contributed by atoms with E-state index in [4.69, 9.17) is 23.2 Å². The van der Waals surface area contributed by atoms with Crippen molar-refractivity contribution in [2.24, 2.45) is 0 Å². The molecule has 4 nitrogen and oxygen atoms in total. The molecule has 0 fully saturated rings. The Morgan fingerprint density at radius 1 is 1.17 bits per heavy atom. The molecule has 2 N–H and O–H groups in total. The standard InChI is InChI=1S/C12H12Cl2N4/c1-15-12-17-7-10(14)11(18-12)16-6-8-2-4-9(13)5-3-8/h2-5,7H,6H2,1H3,(H2,15,16,17,18). The van der Waals surface area contributed by atoms with Gasteiger partial charge in [-0.3, -0.25) is 0 Å². The summed E-state index contributed by atoms with van der Waals surface area (Å²) in [4.78, 5) is 8.24. The maximum absolute atomic E-state index is 6.01. The molecule has 6 heteroatoms. The van der Waals surface area contributed by atoms with Crippen LogP contribution in [0.2, 0.25) is 10.0 Å². The predicted octanol–water partition coefficient (Wildman–Crippen LogP) is 3.44. The number of halogens is 2. The molecule has 2 rings (SSSR count). The van der Waals surface area contributed by atoms with E-state index in [1.54, 1.807) is 13.2 Å². The summed E-state index contributed by atoms with van der Waals surface area (Å²) in [5.74, 6) is 1.13. The number of aromatic nitrogens is 2. The van der Waals surface area contributed by atoms with Gasteiger partial charge in [0.1, 0.15) is 5.02 Å². The molecule has 0 aliphatic rings. The Bertz CT molecular complexity index is 528. The summed E-state index contributed by atoms with van der Waals surface area (Å²) < 4.78 is 0. The van der Waals surface area contributed by atoms with Crippen molar-refractivity contribution < 1.29 is 0 Å². The van der Waals surface area contributed by atoms with Crippen LogP contribution in [0.4, 0.5) is 11.8 Å². The number of hydrogen-bond donors (Lipinski definition) is 2. The van der Waals surface area contributed by atoms with Crippen molar-refractivity contribution in [3.05, 3.63) is 46.1 Å². The van der Waals surface area contributed by atoms with Gasteiger partial charge in [0.2, 0.25) is 5.95 Å². The lowest BCUT2D eigenvalue weighted by atomic mass is 10.2. The minimum absolute atomic E-state index is 0.489. The molecule has 18 heavy (non-hydrogen) atoms. The molecule has 0 saturated carbocycles. The van der Waals surface area contributed by atoms with Gasteiger partial charge in [0.15, 0.2) is 5.82 Å². The van der Waals surface area contributed by atoms with Gasteiger partial charge in [-0.15, -0.1) is 0 Å². The first kappa shape index (κ1) is 12.9. The van der Waals surface area contributed by atoms with Crippen LogP contribution >= 0.6 is 23.2 Å². The SMILES string of the molecule is CNc1ncc(Cl)c(NCc2ccc(Cl)cc2)n1. The summed E-state index contributed by atoms with van der Waals surface area (Å²) in [6, 6.07) is 7.59. The van der Waals surface area contributed by atoms with E-state index in [0.29, 0.717) is 23.3 Å². The third-order valence-electron chi connectivity index (χ3n) is 2.34. The third kappa shape index (κ3) is 3.24. The van der Waals surface area contributed by atoms with Crippen LogP contribution in [0.25, 0.3) is 0 Å². The zero-order chi connectivity index (χ0) is 13.0. The first-order valence-corrected chi connectivity index (χ1v) is 6.13. The van der Waals surface area contributed by atoms with E-state index in [0.717, 1.165) is 10.6 Å². The maximum Gasteiger partial charge on any atom is 0.224 e. The van der Waals surface area contributed by atoms with E-state index in [1.807, 2.05) is 24.3 Å². The molecule has 0 aliphatic heterocycles. The fourth-order valence-corrected chi connectivity index (χ4v) is 1.68. The zero-order valence-corrected chi connectivity index (χ0v) is 11.3. The van der Waals surface area contributed by atoms with Crippen LogP contribution in [0, 0.1) is 0 Å². The molecule has 1 heterocycles. The van der Waals surface area contributed by atoms with Crippen molar-refractivity contribution in [1.82, 2.24) is 9.97 Å². The average molecular weight is 283 g/mol. The van der Waals surface area contributed by atoms with Crippen molar-refractivity contribution in [2.75, 3.05) is 17.7 Å². The highest BCUT2D eigenvalue weighted by atomic mass is 35.5. The first-order chi connectivity index (χ1) is 8.69. The molecular formula is C12H12Cl2N4. The van der Waals surface area contributed by atoms with Gasteiger partial charge < -0.3 is 10.6 Å². The summed E-state index contributed by atoms with van der Waals surface area (Å²) in [7, 11) is 1.76. The van der Waals surface area contributed by atoms with Crippen LogP contribution in [-0.2, 0) is 6.54 Å². The predicted molar refractivity (Wildman–Crippen MR) is 75.4 cm³/mol. The van der Waals surface area contributed by atoms with E-state index in [9.17, 15) is 0 Å². The van der Waals surface area contributed by atoms with Crippen LogP contribution in [0.3, 0.4) is 0 Å². The molecule has 0 aliphatic carbocycles. The van der Waals surface area contributed by atoms with E-state index in [2.05, 4.69) is 20.6 Å². The molecule has 0 saturated heterocycles. The smallest absolute Gasteiger partial charge is 0.224 e. The Balaban J connectivity index is 2.07. The fourth-order valence-electron chi connectivity index (χ4n) is 1.40. The summed E-state index contributed by atoms with van der Waals surface area (Å²) >= 11 is 11.8. The van der Waals surface area contributed by atoms with Gasteiger partial charge in [-0.25, -0.2) is 4.98 Å². The van der Waals surface area contributed by atoms with Crippen LogP contribution in [-0.4, -0.2) is 17.0 Å².